The number of non-ortho nitro benzene ring substituents is 1. The zero-order valence-electron chi connectivity index (χ0n) is 15.3. The number of hydrogen-bond acceptors (Lipinski definition) is 4. The lowest BCUT2D eigenvalue weighted by Crippen LogP contribution is -2.00. The molecule has 0 N–H and O–H groups in total. The number of nitro benzene ring substituents is 1. The monoisotopic (exact) mass is 626 g/mol. The molecule has 0 aromatic heterocycles. The van der Waals surface area contributed by atoms with E-state index in [1.807, 2.05) is 12.1 Å². The van der Waals surface area contributed by atoms with E-state index >= 15 is 0 Å². The van der Waals surface area contributed by atoms with Crippen LogP contribution in [-0.2, 0) is 6.61 Å². The van der Waals surface area contributed by atoms with Crippen LogP contribution in [0.1, 0.15) is 16.7 Å². The molecule has 0 bridgehead atoms. The Hall–Kier alpha value is -2.52. The molecule has 3 aromatic carbocycles. The second-order valence-corrected chi connectivity index (χ2v) is 8.53. The molecule has 0 radical (unpaired) electrons. The van der Waals surface area contributed by atoms with E-state index in [2.05, 4.69) is 51.3 Å². The standard InChI is InChI=1S/C22H13FI2N2O3/c23-18-3-1-2-16(11-18)17(12-26)8-15-9-20(24)22(21(25)10-15)30-13-14-4-6-19(7-5-14)27(28)29/h1-11H,13H2/b17-8-. The van der Waals surface area contributed by atoms with Crippen molar-refractivity contribution >= 4 is 62.5 Å². The molecule has 3 aromatic rings. The SMILES string of the molecule is N#C/C(=C/c1cc(I)c(OCc2ccc([N+](=O)[O-])cc2)c(I)c1)c1cccc(F)c1. The summed E-state index contributed by atoms with van der Waals surface area (Å²) in [6, 6.07) is 18.0. The first-order chi connectivity index (χ1) is 14.4. The van der Waals surface area contributed by atoms with E-state index in [0.717, 1.165) is 18.3 Å². The van der Waals surface area contributed by atoms with E-state index in [9.17, 15) is 19.8 Å². The van der Waals surface area contributed by atoms with Gasteiger partial charge in [0, 0.05) is 12.1 Å². The quantitative estimate of drug-likeness (QED) is 0.102. The summed E-state index contributed by atoms with van der Waals surface area (Å²) in [5.74, 6) is 0.295. The number of halogens is 3. The number of nitriles is 1. The average molecular weight is 626 g/mol. The van der Waals surface area contributed by atoms with Crippen molar-refractivity contribution in [3.63, 3.8) is 0 Å². The van der Waals surface area contributed by atoms with Gasteiger partial charge in [-0.05, 0) is 104 Å². The largest absolute Gasteiger partial charge is 0.487 e. The first-order valence-corrected chi connectivity index (χ1v) is 10.8. The molecule has 3 rings (SSSR count). The van der Waals surface area contributed by atoms with Crippen LogP contribution < -0.4 is 4.74 Å². The molecule has 8 heteroatoms. The van der Waals surface area contributed by atoms with Gasteiger partial charge < -0.3 is 4.74 Å². The Labute approximate surface area is 199 Å². The predicted octanol–water partition coefficient (Wildman–Crippen LogP) is 6.59. The lowest BCUT2D eigenvalue weighted by atomic mass is 10.0. The highest BCUT2D eigenvalue weighted by atomic mass is 127. The number of hydrogen-bond donors (Lipinski definition) is 0. The Balaban J connectivity index is 1.81. The van der Waals surface area contributed by atoms with Crippen LogP contribution in [0.15, 0.2) is 60.7 Å². The molecule has 0 saturated heterocycles. The van der Waals surface area contributed by atoms with E-state index in [1.165, 1.54) is 24.3 Å². The fourth-order valence-electron chi connectivity index (χ4n) is 2.67. The van der Waals surface area contributed by atoms with Gasteiger partial charge in [-0.15, -0.1) is 0 Å². The van der Waals surface area contributed by atoms with Crippen LogP contribution in [-0.4, -0.2) is 4.92 Å². The van der Waals surface area contributed by atoms with Gasteiger partial charge in [0.1, 0.15) is 18.2 Å². The lowest BCUT2D eigenvalue weighted by molar-refractivity contribution is -0.384. The van der Waals surface area contributed by atoms with Gasteiger partial charge >= 0.3 is 0 Å². The van der Waals surface area contributed by atoms with Crippen molar-refractivity contribution in [1.29, 1.82) is 5.26 Å². The van der Waals surface area contributed by atoms with E-state index in [-0.39, 0.29) is 12.3 Å². The van der Waals surface area contributed by atoms with E-state index in [0.29, 0.717) is 16.9 Å². The lowest BCUT2D eigenvalue weighted by Gasteiger charge is -2.12. The maximum Gasteiger partial charge on any atom is 0.269 e. The number of nitrogens with zero attached hydrogens (tertiary/aromatic N) is 2. The maximum atomic E-state index is 13.5. The van der Waals surface area contributed by atoms with E-state index < -0.39 is 10.7 Å². The molecule has 0 amide bonds. The average Bonchev–Trinajstić information content (AvgIpc) is 2.71. The third-order valence-corrected chi connectivity index (χ3v) is 5.72. The highest BCUT2D eigenvalue weighted by molar-refractivity contribution is 14.1. The number of rotatable bonds is 6. The summed E-state index contributed by atoms with van der Waals surface area (Å²) in [6.07, 6.45) is 1.71. The maximum absolute atomic E-state index is 13.5. The summed E-state index contributed by atoms with van der Waals surface area (Å²) in [4.78, 5) is 10.3. The smallest absolute Gasteiger partial charge is 0.269 e. The normalized spacial score (nSPS) is 11.1. The summed E-state index contributed by atoms with van der Waals surface area (Å²) in [6.45, 7) is 0.270. The molecule has 0 atom stereocenters. The number of allylic oxidation sites excluding steroid dienone is 1. The molecule has 0 fully saturated rings. The second-order valence-electron chi connectivity index (χ2n) is 6.21. The zero-order valence-corrected chi connectivity index (χ0v) is 19.6. The third-order valence-electron chi connectivity index (χ3n) is 4.12. The Kier molecular flexibility index (Phi) is 7.38. The molecule has 0 spiro atoms. The summed E-state index contributed by atoms with van der Waals surface area (Å²) in [5.41, 5.74) is 2.52. The summed E-state index contributed by atoms with van der Waals surface area (Å²) < 4.78 is 21.1. The fraction of sp³-hybridized carbons (Fsp3) is 0.0455. The van der Waals surface area contributed by atoms with Crippen LogP contribution in [0.25, 0.3) is 11.6 Å². The number of nitro groups is 1. The minimum absolute atomic E-state index is 0.0330. The van der Waals surface area contributed by atoms with Gasteiger partial charge in [0.2, 0.25) is 0 Å². The van der Waals surface area contributed by atoms with Gasteiger partial charge in [-0.1, -0.05) is 12.1 Å². The predicted molar refractivity (Wildman–Crippen MR) is 129 cm³/mol. The van der Waals surface area contributed by atoms with Crippen LogP contribution in [0.4, 0.5) is 10.1 Å². The third kappa shape index (κ3) is 5.54. The second kappa shape index (κ2) is 9.99. The van der Waals surface area contributed by atoms with Crippen molar-refractivity contribution in [3.05, 3.63) is 100 Å². The van der Waals surface area contributed by atoms with Crippen LogP contribution in [0.2, 0.25) is 0 Å². The molecule has 0 aliphatic rings. The van der Waals surface area contributed by atoms with Crippen LogP contribution >= 0.6 is 45.2 Å². The van der Waals surface area contributed by atoms with Crippen molar-refractivity contribution in [2.75, 3.05) is 0 Å². The molecule has 0 heterocycles. The Bertz CT molecular complexity index is 1150. The van der Waals surface area contributed by atoms with Crippen LogP contribution in [0, 0.1) is 34.4 Å². The molecule has 0 aliphatic carbocycles. The Morgan fingerprint density at radius 3 is 2.37 bits per heavy atom. The van der Waals surface area contributed by atoms with E-state index in [4.69, 9.17) is 4.74 Å². The molecular weight excluding hydrogens is 613 g/mol. The zero-order chi connectivity index (χ0) is 21.7. The van der Waals surface area contributed by atoms with Crippen molar-refractivity contribution in [1.82, 2.24) is 0 Å². The minimum atomic E-state index is -0.442. The Morgan fingerprint density at radius 2 is 1.80 bits per heavy atom. The number of ether oxygens (including phenoxy) is 1. The topological polar surface area (TPSA) is 76.2 Å². The first-order valence-electron chi connectivity index (χ1n) is 8.60. The van der Waals surface area contributed by atoms with Crippen molar-refractivity contribution in [2.24, 2.45) is 0 Å². The molecular formula is C22H13FI2N2O3. The van der Waals surface area contributed by atoms with Crippen molar-refractivity contribution in [3.8, 4) is 11.8 Å². The van der Waals surface area contributed by atoms with Gasteiger partial charge in [-0.2, -0.15) is 5.26 Å². The molecule has 0 saturated carbocycles. The van der Waals surface area contributed by atoms with Crippen LogP contribution in [0.3, 0.4) is 0 Å². The van der Waals surface area contributed by atoms with Crippen molar-refractivity contribution < 1.29 is 14.1 Å². The molecule has 150 valence electrons. The van der Waals surface area contributed by atoms with Gasteiger partial charge in [0.05, 0.1) is 23.7 Å². The Morgan fingerprint density at radius 1 is 1.13 bits per heavy atom. The minimum Gasteiger partial charge on any atom is -0.487 e. The summed E-state index contributed by atoms with van der Waals surface area (Å²) in [7, 11) is 0. The summed E-state index contributed by atoms with van der Waals surface area (Å²) >= 11 is 4.31. The van der Waals surface area contributed by atoms with Gasteiger partial charge in [0.15, 0.2) is 0 Å². The van der Waals surface area contributed by atoms with Gasteiger partial charge in [0.25, 0.3) is 5.69 Å². The highest BCUT2D eigenvalue weighted by Crippen LogP contribution is 2.31. The molecule has 0 unspecified atom stereocenters. The summed E-state index contributed by atoms with van der Waals surface area (Å²) in [5, 5.41) is 20.2. The van der Waals surface area contributed by atoms with E-state index in [1.54, 1.807) is 30.3 Å². The van der Waals surface area contributed by atoms with Crippen LogP contribution in [0.5, 0.6) is 5.75 Å². The van der Waals surface area contributed by atoms with Crippen molar-refractivity contribution in [2.45, 2.75) is 6.61 Å². The molecule has 5 nitrogen and oxygen atoms in total. The molecule has 30 heavy (non-hydrogen) atoms. The molecule has 0 aliphatic heterocycles. The fourth-order valence-corrected chi connectivity index (χ4v) is 4.80. The first kappa shape index (κ1) is 22.2. The number of benzene rings is 3. The van der Waals surface area contributed by atoms with Gasteiger partial charge in [-0.25, -0.2) is 4.39 Å². The highest BCUT2D eigenvalue weighted by Gasteiger charge is 2.11. The van der Waals surface area contributed by atoms with Gasteiger partial charge in [-0.3, -0.25) is 10.1 Å².